The molecule has 0 spiro atoms. The van der Waals surface area contributed by atoms with Gasteiger partial charge >= 0.3 is 0 Å². The minimum absolute atomic E-state index is 0.692. The lowest BCUT2D eigenvalue weighted by molar-refractivity contribution is 0.0769. The zero-order valence-corrected chi connectivity index (χ0v) is 21.3. The third-order valence-electron chi connectivity index (χ3n) is 6.90. The maximum absolute atomic E-state index is 6.01. The minimum Gasteiger partial charge on any atom is -0.381 e. The van der Waals surface area contributed by atoms with Crippen LogP contribution in [-0.4, -0.2) is 70.8 Å². The van der Waals surface area contributed by atoms with Crippen LogP contribution in [0.4, 0.5) is 5.82 Å². The lowest BCUT2D eigenvalue weighted by Crippen LogP contribution is -2.36. The molecule has 34 heavy (non-hydrogen) atoms. The second-order valence-electron chi connectivity index (χ2n) is 9.11. The Hall–Kier alpha value is -2.20. The molecule has 4 aromatic rings. The van der Waals surface area contributed by atoms with Gasteiger partial charge in [-0.25, -0.2) is 19.9 Å². The highest BCUT2D eigenvalue weighted by molar-refractivity contribution is 7.17. The van der Waals surface area contributed by atoms with Crippen LogP contribution in [0.2, 0.25) is 0 Å². The minimum atomic E-state index is 0.692. The topological polar surface area (TPSA) is 67.3 Å². The fraction of sp³-hybridized carbons (Fsp3) is 0.520. The quantitative estimate of drug-likeness (QED) is 0.344. The van der Waals surface area contributed by atoms with E-state index in [2.05, 4.69) is 48.2 Å². The van der Waals surface area contributed by atoms with Crippen LogP contribution in [0.15, 0.2) is 41.7 Å². The standard InChI is InChI=1S/C19H28N4OS.C6H4N2S/c1-22-8-2-3-16(22)6-11-24-13-15-4-9-23(10-5-15)18-17-7-12-25-19(17)21-14-20-18;1-2-9-6-5(1)3-7-4-8-6/h7,12,14-16H,2-6,8-11,13H2,1H3;1-4H. The molecule has 180 valence electrons. The summed E-state index contributed by atoms with van der Waals surface area (Å²) >= 11 is 3.33. The van der Waals surface area contributed by atoms with Crippen LogP contribution in [-0.2, 0) is 4.74 Å². The molecule has 9 heteroatoms. The molecule has 0 aromatic carbocycles. The summed E-state index contributed by atoms with van der Waals surface area (Å²) in [5.74, 6) is 1.80. The molecule has 6 heterocycles. The Morgan fingerprint density at radius 1 is 0.971 bits per heavy atom. The lowest BCUT2D eigenvalue weighted by atomic mass is 9.97. The highest BCUT2D eigenvalue weighted by Crippen LogP contribution is 2.30. The summed E-state index contributed by atoms with van der Waals surface area (Å²) in [6.07, 6.45) is 11.3. The smallest absolute Gasteiger partial charge is 0.140 e. The summed E-state index contributed by atoms with van der Waals surface area (Å²) in [5, 5.41) is 6.44. The molecule has 2 aliphatic heterocycles. The van der Waals surface area contributed by atoms with Crippen molar-refractivity contribution in [1.29, 1.82) is 0 Å². The Morgan fingerprint density at radius 2 is 1.79 bits per heavy atom. The van der Waals surface area contributed by atoms with Crippen LogP contribution in [0, 0.1) is 5.92 Å². The Bertz CT molecular complexity index is 1140. The van der Waals surface area contributed by atoms with Gasteiger partial charge in [-0.1, -0.05) is 0 Å². The van der Waals surface area contributed by atoms with Crippen molar-refractivity contribution in [1.82, 2.24) is 24.8 Å². The van der Waals surface area contributed by atoms with Crippen molar-refractivity contribution < 1.29 is 4.74 Å². The molecular weight excluding hydrogens is 464 g/mol. The molecule has 2 fully saturated rings. The first kappa shape index (κ1) is 23.5. The number of nitrogens with zero attached hydrogens (tertiary/aromatic N) is 6. The third kappa shape index (κ3) is 5.71. The maximum Gasteiger partial charge on any atom is 0.140 e. The van der Waals surface area contributed by atoms with Crippen LogP contribution in [0.5, 0.6) is 0 Å². The van der Waals surface area contributed by atoms with Crippen molar-refractivity contribution in [2.75, 3.05) is 44.8 Å². The van der Waals surface area contributed by atoms with Gasteiger partial charge in [0.2, 0.25) is 0 Å². The Morgan fingerprint density at radius 3 is 2.62 bits per heavy atom. The first-order valence-corrected chi connectivity index (χ1v) is 13.9. The molecule has 0 N–H and O–H groups in total. The molecule has 0 amide bonds. The number of hydrogen-bond donors (Lipinski definition) is 0. The van der Waals surface area contributed by atoms with E-state index in [9.17, 15) is 0 Å². The average Bonchev–Trinajstić information content (AvgIpc) is 3.63. The highest BCUT2D eigenvalue weighted by atomic mass is 32.1. The number of piperidine rings is 1. The van der Waals surface area contributed by atoms with Crippen molar-refractivity contribution in [2.45, 2.75) is 38.1 Å². The molecule has 0 bridgehead atoms. The number of anilines is 1. The van der Waals surface area contributed by atoms with Gasteiger partial charge in [0.1, 0.15) is 28.1 Å². The van der Waals surface area contributed by atoms with Crippen molar-refractivity contribution in [3.8, 4) is 0 Å². The van der Waals surface area contributed by atoms with E-state index in [1.165, 1.54) is 44.0 Å². The van der Waals surface area contributed by atoms with Gasteiger partial charge in [-0.15, -0.1) is 22.7 Å². The van der Waals surface area contributed by atoms with E-state index < -0.39 is 0 Å². The van der Waals surface area contributed by atoms with Crippen molar-refractivity contribution in [3.63, 3.8) is 0 Å². The third-order valence-corrected chi connectivity index (χ3v) is 8.56. The Balaban J connectivity index is 0.000000222. The molecule has 2 aliphatic rings. The van der Waals surface area contributed by atoms with Gasteiger partial charge in [0.05, 0.1) is 5.39 Å². The van der Waals surface area contributed by atoms with Crippen molar-refractivity contribution >= 4 is 48.9 Å². The fourth-order valence-corrected chi connectivity index (χ4v) is 6.30. The number of thiophene rings is 2. The summed E-state index contributed by atoms with van der Waals surface area (Å²) < 4.78 is 6.01. The zero-order chi connectivity index (χ0) is 23.2. The average molecular weight is 497 g/mol. The normalized spacial score (nSPS) is 19.6. The van der Waals surface area contributed by atoms with Gasteiger partial charge in [-0.05, 0) is 74.5 Å². The van der Waals surface area contributed by atoms with Gasteiger partial charge in [0, 0.05) is 43.9 Å². The van der Waals surface area contributed by atoms with Gasteiger partial charge in [-0.2, -0.15) is 0 Å². The van der Waals surface area contributed by atoms with Crippen LogP contribution in [0.1, 0.15) is 32.1 Å². The monoisotopic (exact) mass is 496 g/mol. The van der Waals surface area contributed by atoms with Gasteiger partial charge in [0.25, 0.3) is 0 Å². The molecule has 0 radical (unpaired) electrons. The number of likely N-dealkylation sites (tertiary alicyclic amines) is 1. The Kier molecular flexibility index (Phi) is 7.95. The van der Waals surface area contributed by atoms with Crippen molar-refractivity contribution in [3.05, 3.63) is 41.7 Å². The van der Waals surface area contributed by atoms with Gasteiger partial charge in [0.15, 0.2) is 0 Å². The van der Waals surface area contributed by atoms with Crippen LogP contribution in [0.25, 0.3) is 20.4 Å². The van der Waals surface area contributed by atoms with E-state index in [4.69, 9.17) is 4.74 Å². The predicted molar refractivity (Wildman–Crippen MR) is 141 cm³/mol. The van der Waals surface area contributed by atoms with Crippen LogP contribution < -0.4 is 4.90 Å². The number of fused-ring (bicyclic) bond motifs is 2. The van der Waals surface area contributed by atoms with Crippen LogP contribution in [0.3, 0.4) is 0 Å². The molecule has 2 saturated heterocycles. The van der Waals surface area contributed by atoms with Gasteiger partial charge < -0.3 is 14.5 Å². The van der Waals surface area contributed by atoms with E-state index in [0.29, 0.717) is 5.92 Å². The van der Waals surface area contributed by atoms with Crippen LogP contribution >= 0.6 is 22.7 Å². The summed E-state index contributed by atoms with van der Waals surface area (Å²) in [6, 6.07) is 4.90. The lowest BCUT2D eigenvalue weighted by Gasteiger charge is -2.33. The molecule has 1 atom stereocenters. The molecular formula is C25H32N6OS2. The summed E-state index contributed by atoms with van der Waals surface area (Å²) in [6.45, 7) is 5.23. The second kappa shape index (κ2) is 11.5. The predicted octanol–water partition coefficient (Wildman–Crippen LogP) is 5.10. The number of aromatic nitrogens is 4. The summed E-state index contributed by atoms with van der Waals surface area (Å²) in [7, 11) is 2.24. The maximum atomic E-state index is 6.01. The van der Waals surface area contributed by atoms with E-state index in [1.54, 1.807) is 35.3 Å². The van der Waals surface area contributed by atoms with E-state index in [-0.39, 0.29) is 0 Å². The van der Waals surface area contributed by atoms with E-state index >= 15 is 0 Å². The van der Waals surface area contributed by atoms with E-state index in [1.807, 2.05) is 17.6 Å². The summed E-state index contributed by atoms with van der Waals surface area (Å²) in [5.41, 5.74) is 0. The zero-order valence-electron chi connectivity index (χ0n) is 19.7. The number of rotatable bonds is 6. The second-order valence-corrected chi connectivity index (χ2v) is 10.9. The highest BCUT2D eigenvalue weighted by Gasteiger charge is 2.23. The first-order valence-electron chi connectivity index (χ1n) is 12.1. The summed E-state index contributed by atoms with van der Waals surface area (Å²) in [4.78, 5) is 23.9. The first-order chi connectivity index (χ1) is 16.8. The molecule has 4 aromatic heterocycles. The number of ether oxygens (including phenoxy) is 1. The van der Waals surface area contributed by atoms with E-state index in [0.717, 1.165) is 53.2 Å². The molecule has 7 nitrogen and oxygen atoms in total. The SMILES string of the molecule is CN1CCCC1CCOCC1CCN(c2ncnc3sccc23)CC1.c1ncc2ccsc2n1. The Labute approximate surface area is 208 Å². The molecule has 0 saturated carbocycles. The van der Waals surface area contributed by atoms with Gasteiger partial charge in [-0.3, -0.25) is 0 Å². The number of hydrogen-bond acceptors (Lipinski definition) is 9. The molecule has 6 rings (SSSR count). The largest absolute Gasteiger partial charge is 0.381 e. The molecule has 1 unspecified atom stereocenters. The van der Waals surface area contributed by atoms with Crippen molar-refractivity contribution in [2.24, 2.45) is 5.92 Å². The fourth-order valence-electron chi connectivity index (χ4n) is 4.87. The molecule has 0 aliphatic carbocycles.